The molecule has 0 aromatic rings. The van der Waals surface area contributed by atoms with E-state index in [1.807, 2.05) is 0 Å². The van der Waals surface area contributed by atoms with E-state index < -0.39 is 36.1 Å². The van der Waals surface area contributed by atoms with Gasteiger partial charge in [-0.2, -0.15) is 22.0 Å². The topological polar surface area (TPSA) is 55.4 Å². The molecular formula is C10H14F5NO3. The van der Waals surface area contributed by atoms with E-state index in [1.54, 1.807) is 0 Å². The number of alkyl halides is 5. The number of amides is 1. The number of esters is 1. The Bertz CT molecular complexity index is 341. The molecule has 0 heterocycles. The van der Waals surface area contributed by atoms with Crippen LogP contribution in [0, 0.1) is 0 Å². The van der Waals surface area contributed by atoms with E-state index in [9.17, 15) is 31.5 Å². The number of halogens is 5. The maximum absolute atomic E-state index is 12.7. The number of hydrogen-bond donors (Lipinski definition) is 1. The van der Waals surface area contributed by atoms with Gasteiger partial charge in [0.15, 0.2) is 0 Å². The Morgan fingerprint density at radius 2 is 1.63 bits per heavy atom. The molecule has 0 aliphatic heterocycles. The lowest BCUT2D eigenvalue weighted by molar-refractivity contribution is -0.270. The molecule has 0 radical (unpaired) electrons. The molecule has 1 unspecified atom stereocenters. The molecule has 19 heavy (non-hydrogen) atoms. The normalized spacial score (nSPS) is 14.2. The summed E-state index contributed by atoms with van der Waals surface area (Å²) in [7, 11) is 0. The van der Waals surface area contributed by atoms with Crippen molar-refractivity contribution in [3.8, 4) is 0 Å². The number of rotatable bonds is 5. The van der Waals surface area contributed by atoms with Crippen molar-refractivity contribution in [2.45, 2.75) is 51.4 Å². The first kappa shape index (κ1) is 17.6. The molecule has 0 bridgehead atoms. The third kappa shape index (κ3) is 4.64. The van der Waals surface area contributed by atoms with Crippen LogP contribution in [-0.4, -0.2) is 36.1 Å². The first-order chi connectivity index (χ1) is 8.43. The summed E-state index contributed by atoms with van der Waals surface area (Å²) in [6, 6.07) is -1.55. The molecule has 0 aliphatic carbocycles. The molecule has 0 spiro atoms. The lowest BCUT2D eigenvalue weighted by atomic mass is 10.2. The Morgan fingerprint density at radius 1 is 1.16 bits per heavy atom. The maximum Gasteiger partial charge on any atom is 0.463 e. The van der Waals surface area contributed by atoms with E-state index in [2.05, 4.69) is 4.74 Å². The van der Waals surface area contributed by atoms with Crippen molar-refractivity contribution in [1.82, 2.24) is 5.32 Å². The fourth-order valence-electron chi connectivity index (χ4n) is 1.02. The van der Waals surface area contributed by atoms with Crippen molar-refractivity contribution in [3.05, 3.63) is 0 Å². The van der Waals surface area contributed by atoms with Crippen molar-refractivity contribution in [1.29, 1.82) is 0 Å². The molecule has 0 rings (SSSR count). The minimum atomic E-state index is -6.02. The highest BCUT2D eigenvalue weighted by atomic mass is 19.4. The molecule has 0 fully saturated rings. The van der Waals surface area contributed by atoms with E-state index >= 15 is 0 Å². The zero-order valence-corrected chi connectivity index (χ0v) is 10.5. The van der Waals surface area contributed by atoms with Gasteiger partial charge in [0.05, 0.1) is 6.10 Å². The zero-order chi connectivity index (χ0) is 15.4. The number of hydrogen-bond acceptors (Lipinski definition) is 3. The van der Waals surface area contributed by atoms with Crippen LogP contribution in [-0.2, 0) is 14.3 Å². The molecule has 9 heteroatoms. The first-order valence-electron chi connectivity index (χ1n) is 5.39. The molecule has 1 amide bonds. The lowest BCUT2D eigenvalue weighted by Gasteiger charge is -2.22. The molecule has 0 aromatic heterocycles. The second-order valence-electron chi connectivity index (χ2n) is 3.99. The maximum atomic E-state index is 12.7. The van der Waals surface area contributed by atoms with Crippen molar-refractivity contribution in [2.75, 3.05) is 0 Å². The van der Waals surface area contributed by atoms with E-state index in [0.717, 1.165) is 0 Å². The first-order valence-corrected chi connectivity index (χ1v) is 5.39. The van der Waals surface area contributed by atoms with Gasteiger partial charge in [0.1, 0.15) is 6.04 Å². The van der Waals surface area contributed by atoms with Gasteiger partial charge in [-0.05, 0) is 20.3 Å². The van der Waals surface area contributed by atoms with Crippen LogP contribution in [0.3, 0.4) is 0 Å². The summed E-state index contributed by atoms with van der Waals surface area (Å²) in [5.41, 5.74) is 0. The minimum absolute atomic E-state index is 0.175. The SMILES string of the molecule is CCC(NC(=O)C(F)(F)C(F)(F)F)C(=O)OC(C)C. The lowest BCUT2D eigenvalue weighted by Crippen LogP contribution is -2.54. The number of ether oxygens (including phenoxy) is 1. The van der Waals surface area contributed by atoms with Gasteiger partial charge in [-0.3, -0.25) is 4.79 Å². The highest BCUT2D eigenvalue weighted by molar-refractivity contribution is 5.89. The van der Waals surface area contributed by atoms with Gasteiger partial charge in [0, 0.05) is 0 Å². The summed E-state index contributed by atoms with van der Waals surface area (Å²) in [5, 5.41) is 1.34. The van der Waals surface area contributed by atoms with Crippen LogP contribution < -0.4 is 5.32 Å². The molecule has 0 saturated heterocycles. The van der Waals surface area contributed by atoms with Crippen molar-refractivity contribution < 1.29 is 36.3 Å². The molecule has 0 aromatic carbocycles. The number of carbonyl (C=O) groups excluding carboxylic acids is 2. The van der Waals surface area contributed by atoms with E-state index in [-0.39, 0.29) is 6.42 Å². The number of nitrogens with one attached hydrogen (secondary N) is 1. The van der Waals surface area contributed by atoms with Crippen LogP contribution in [0.2, 0.25) is 0 Å². The largest absolute Gasteiger partial charge is 0.463 e. The van der Waals surface area contributed by atoms with Crippen molar-refractivity contribution >= 4 is 11.9 Å². The van der Waals surface area contributed by atoms with Crippen LogP contribution in [0.15, 0.2) is 0 Å². The highest BCUT2D eigenvalue weighted by Gasteiger charge is 2.63. The highest BCUT2D eigenvalue weighted by Crippen LogP contribution is 2.35. The van der Waals surface area contributed by atoms with Crippen LogP contribution in [0.25, 0.3) is 0 Å². The van der Waals surface area contributed by atoms with Gasteiger partial charge in [-0.15, -0.1) is 0 Å². The van der Waals surface area contributed by atoms with E-state index in [0.29, 0.717) is 0 Å². The Morgan fingerprint density at radius 3 is 1.95 bits per heavy atom. The molecular weight excluding hydrogens is 277 g/mol. The molecule has 0 saturated carbocycles. The molecule has 4 nitrogen and oxygen atoms in total. The Balaban J connectivity index is 4.82. The second-order valence-corrected chi connectivity index (χ2v) is 3.99. The fraction of sp³-hybridized carbons (Fsp3) is 0.800. The van der Waals surface area contributed by atoms with Gasteiger partial charge >= 0.3 is 24.0 Å². The molecule has 0 aliphatic rings. The minimum Gasteiger partial charge on any atom is -0.461 e. The van der Waals surface area contributed by atoms with Crippen molar-refractivity contribution in [3.63, 3.8) is 0 Å². The Kier molecular flexibility index (Phi) is 5.70. The van der Waals surface area contributed by atoms with Crippen LogP contribution in [0.1, 0.15) is 27.2 Å². The van der Waals surface area contributed by atoms with Crippen LogP contribution in [0.4, 0.5) is 22.0 Å². The third-order valence-electron chi connectivity index (χ3n) is 1.99. The van der Waals surface area contributed by atoms with Gasteiger partial charge in [0.2, 0.25) is 0 Å². The average molecular weight is 291 g/mol. The van der Waals surface area contributed by atoms with Crippen LogP contribution in [0.5, 0.6) is 0 Å². The van der Waals surface area contributed by atoms with Crippen LogP contribution >= 0.6 is 0 Å². The fourth-order valence-corrected chi connectivity index (χ4v) is 1.02. The summed E-state index contributed by atoms with van der Waals surface area (Å²) < 4.78 is 65.7. The van der Waals surface area contributed by atoms with E-state index in [1.165, 1.54) is 26.1 Å². The predicted molar refractivity (Wildman–Crippen MR) is 54.5 cm³/mol. The monoisotopic (exact) mass is 291 g/mol. The smallest absolute Gasteiger partial charge is 0.461 e. The average Bonchev–Trinajstić information content (AvgIpc) is 2.22. The van der Waals surface area contributed by atoms with Gasteiger partial charge in [0.25, 0.3) is 0 Å². The predicted octanol–water partition coefficient (Wildman–Crippen LogP) is 2.03. The summed E-state index contributed by atoms with van der Waals surface area (Å²) in [4.78, 5) is 22.2. The standard InChI is InChI=1S/C10H14F5NO3/c1-4-6(7(17)19-5(2)3)16-8(18)9(11,12)10(13,14)15/h5-6H,4H2,1-3H3,(H,16,18). The summed E-state index contributed by atoms with van der Waals surface area (Å²) in [6.07, 6.45) is -6.77. The zero-order valence-electron chi connectivity index (χ0n) is 10.5. The molecule has 1 atom stereocenters. The number of carbonyl (C=O) groups is 2. The Labute approximate surface area is 106 Å². The second kappa shape index (κ2) is 6.16. The summed E-state index contributed by atoms with van der Waals surface area (Å²) in [6.45, 7) is 4.27. The van der Waals surface area contributed by atoms with Gasteiger partial charge in [-0.1, -0.05) is 6.92 Å². The summed E-state index contributed by atoms with van der Waals surface area (Å²) in [5.74, 6) is -9.20. The quantitative estimate of drug-likeness (QED) is 0.623. The molecule has 1 N–H and O–H groups in total. The third-order valence-corrected chi connectivity index (χ3v) is 1.99. The van der Waals surface area contributed by atoms with Gasteiger partial charge in [-0.25, -0.2) is 4.79 Å². The summed E-state index contributed by atoms with van der Waals surface area (Å²) >= 11 is 0. The molecule has 112 valence electrons. The Hall–Kier alpha value is -1.41. The van der Waals surface area contributed by atoms with Gasteiger partial charge < -0.3 is 10.1 Å². The van der Waals surface area contributed by atoms with Crippen molar-refractivity contribution in [2.24, 2.45) is 0 Å². The van der Waals surface area contributed by atoms with E-state index in [4.69, 9.17) is 0 Å².